The number of likely N-dealkylation sites (tertiary alicyclic amines) is 1. The molecule has 0 saturated carbocycles. The van der Waals surface area contributed by atoms with Gasteiger partial charge in [0, 0.05) is 18.7 Å². The van der Waals surface area contributed by atoms with Gasteiger partial charge < -0.3 is 0 Å². The summed E-state index contributed by atoms with van der Waals surface area (Å²) < 4.78 is 0. The van der Waals surface area contributed by atoms with E-state index in [1.54, 1.807) is 0 Å². The van der Waals surface area contributed by atoms with Crippen molar-refractivity contribution in [3.8, 4) is 0 Å². The number of benzene rings is 1. The summed E-state index contributed by atoms with van der Waals surface area (Å²) in [5.41, 5.74) is 6.38. The largest absolute Gasteiger partial charge is 0.299 e. The maximum absolute atomic E-state index is 4.71. The van der Waals surface area contributed by atoms with Gasteiger partial charge in [0.25, 0.3) is 0 Å². The fourth-order valence-corrected chi connectivity index (χ4v) is 3.78. The Kier molecular flexibility index (Phi) is 5.85. The van der Waals surface area contributed by atoms with E-state index in [4.69, 9.17) is 4.98 Å². The first kappa shape index (κ1) is 18.1. The van der Waals surface area contributed by atoms with Gasteiger partial charge in [-0.05, 0) is 68.8 Å². The maximum atomic E-state index is 4.71. The Morgan fingerprint density at radius 2 is 1.72 bits per heavy atom. The molecule has 0 N–H and O–H groups in total. The third kappa shape index (κ3) is 4.66. The first-order valence-electron chi connectivity index (χ1n) is 9.68. The van der Waals surface area contributed by atoms with E-state index in [-0.39, 0.29) is 0 Å². The minimum Gasteiger partial charge on any atom is -0.299 e. The minimum absolute atomic E-state index is 0.885. The van der Waals surface area contributed by atoms with Gasteiger partial charge in [0.2, 0.25) is 0 Å². The number of aryl methyl sites for hydroxylation is 2. The van der Waals surface area contributed by atoms with Crippen LogP contribution in [0.1, 0.15) is 60.6 Å². The SMILES string of the molecule is CCc1nc(C)nc(Cc2cccc(CN3CCC(C)CC3)c2)c1C. The highest BCUT2D eigenvalue weighted by Gasteiger charge is 2.16. The van der Waals surface area contributed by atoms with Crippen LogP contribution in [0.2, 0.25) is 0 Å². The molecule has 1 aliphatic rings. The zero-order valence-electron chi connectivity index (χ0n) is 16.2. The summed E-state index contributed by atoms with van der Waals surface area (Å²) in [6.45, 7) is 12.2. The van der Waals surface area contributed by atoms with E-state index in [0.29, 0.717) is 0 Å². The molecule has 1 aromatic carbocycles. The molecule has 0 radical (unpaired) electrons. The molecule has 0 unspecified atom stereocenters. The number of rotatable bonds is 5. The summed E-state index contributed by atoms with van der Waals surface area (Å²) in [7, 11) is 0. The van der Waals surface area contributed by atoms with E-state index in [2.05, 4.69) is 54.9 Å². The van der Waals surface area contributed by atoms with Crippen molar-refractivity contribution in [2.75, 3.05) is 13.1 Å². The molecule has 1 saturated heterocycles. The normalized spacial score (nSPS) is 16.3. The fraction of sp³-hybridized carbons (Fsp3) is 0.545. The topological polar surface area (TPSA) is 29.0 Å². The highest BCUT2D eigenvalue weighted by Crippen LogP contribution is 2.20. The Morgan fingerprint density at radius 3 is 2.44 bits per heavy atom. The van der Waals surface area contributed by atoms with Crippen molar-refractivity contribution in [1.29, 1.82) is 0 Å². The third-order valence-corrected chi connectivity index (χ3v) is 5.44. The van der Waals surface area contributed by atoms with E-state index < -0.39 is 0 Å². The molecule has 1 aliphatic heterocycles. The molecule has 3 nitrogen and oxygen atoms in total. The average Bonchev–Trinajstić information content (AvgIpc) is 2.60. The van der Waals surface area contributed by atoms with Crippen LogP contribution >= 0.6 is 0 Å². The van der Waals surface area contributed by atoms with Crippen molar-refractivity contribution in [3.05, 3.63) is 58.2 Å². The molecule has 0 bridgehead atoms. The van der Waals surface area contributed by atoms with Crippen LogP contribution in [0.3, 0.4) is 0 Å². The van der Waals surface area contributed by atoms with Gasteiger partial charge in [0.05, 0.1) is 5.69 Å². The maximum Gasteiger partial charge on any atom is 0.125 e. The van der Waals surface area contributed by atoms with E-state index in [1.165, 1.54) is 54.0 Å². The van der Waals surface area contributed by atoms with Crippen LogP contribution in [0.4, 0.5) is 0 Å². The molecule has 3 heteroatoms. The van der Waals surface area contributed by atoms with Gasteiger partial charge in [0.15, 0.2) is 0 Å². The lowest BCUT2D eigenvalue weighted by Gasteiger charge is -2.30. The molecule has 1 aromatic heterocycles. The van der Waals surface area contributed by atoms with Crippen molar-refractivity contribution < 1.29 is 0 Å². The Morgan fingerprint density at radius 1 is 1.04 bits per heavy atom. The number of nitrogens with zero attached hydrogens (tertiary/aromatic N) is 3. The van der Waals surface area contributed by atoms with Crippen LogP contribution in [0.25, 0.3) is 0 Å². The van der Waals surface area contributed by atoms with Crippen molar-refractivity contribution >= 4 is 0 Å². The van der Waals surface area contributed by atoms with Crippen LogP contribution in [-0.2, 0) is 19.4 Å². The molecule has 0 atom stereocenters. The second kappa shape index (κ2) is 8.09. The van der Waals surface area contributed by atoms with Gasteiger partial charge in [-0.3, -0.25) is 4.90 Å². The molecule has 2 heterocycles. The molecule has 0 aliphatic carbocycles. The van der Waals surface area contributed by atoms with E-state index in [9.17, 15) is 0 Å². The second-order valence-electron chi connectivity index (χ2n) is 7.60. The number of aromatic nitrogens is 2. The van der Waals surface area contributed by atoms with Crippen LogP contribution < -0.4 is 0 Å². The standard InChI is InChI=1S/C22H31N3/c1-5-21-17(3)22(24-18(4)23-21)14-19-7-6-8-20(13-19)15-25-11-9-16(2)10-12-25/h6-8,13,16H,5,9-12,14-15H2,1-4H3. The van der Waals surface area contributed by atoms with Crippen molar-refractivity contribution in [3.63, 3.8) is 0 Å². The Hall–Kier alpha value is -1.74. The molecule has 2 aromatic rings. The Balaban J connectivity index is 1.73. The summed E-state index contributed by atoms with van der Waals surface area (Å²) in [5, 5.41) is 0. The molecule has 134 valence electrons. The second-order valence-corrected chi connectivity index (χ2v) is 7.60. The summed E-state index contributed by atoms with van der Waals surface area (Å²) in [5.74, 6) is 1.77. The predicted octanol–water partition coefficient (Wildman–Crippen LogP) is 4.48. The molecule has 1 fully saturated rings. The molecular weight excluding hydrogens is 306 g/mol. The highest BCUT2D eigenvalue weighted by atomic mass is 15.1. The predicted molar refractivity (Wildman–Crippen MR) is 104 cm³/mol. The Labute approximate surface area is 152 Å². The van der Waals surface area contributed by atoms with Crippen molar-refractivity contribution in [2.45, 2.75) is 59.9 Å². The first-order chi connectivity index (χ1) is 12.0. The highest BCUT2D eigenvalue weighted by molar-refractivity contribution is 5.32. The van der Waals surface area contributed by atoms with E-state index in [1.807, 2.05) is 6.92 Å². The fourth-order valence-electron chi connectivity index (χ4n) is 3.78. The third-order valence-electron chi connectivity index (χ3n) is 5.44. The van der Waals surface area contributed by atoms with Crippen molar-refractivity contribution in [2.24, 2.45) is 5.92 Å². The molecule has 0 amide bonds. The van der Waals surface area contributed by atoms with Crippen LogP contribution in [0.15, 0.2) is 24.3 Å². The quantitative estimate of drug-likeness (QED) is 0.805. The summed E-state index contributed by atoms with van der Waals surface area (Å²) >= 11 is 0. The zero-order chi connectivity index (χ0) is 17.8. The van der Waals surface area contributed by atoms with Gasteiger partial charge >= 0.3 is 0 Å². The average molecular weight is 338 g/mol. The minimum atomic E-state index is 0.885. The monoisotopic (exact) mass is 337 g/mol. The van der Waals surface area contributed by atoms with Crippen LogP contribution in [0.5, 0.6) is 0 Å². The number of piperidine rings is 1. The lowest BCUT2D eigenvalue weighted by molar-refractivity contribution is 0.185. The first-order valence-corrected chi connectivity index (χ1v) is 9.68. The van der Waals surface area contributed by atoms with Gasteiger partial charge in [0.1, 0.15) is 5.82 Å². The summed E-state index contributed by atoms with van der Waals surface area (Å²) in [4.78, 5) is 11.9. The smallest absolute Gasteiger partial charge is 0.125 e. The Bertz CT molecular complexity index is 715. The molecular formula is C22H31N3. The molecule has 0 spiro atoms. The zero-order valence-corrected chi connectivity index (χ0v) is 16.2. The summed E-state index contributed by atoms with van der Waals surface area (Å²) in [6, 6.07) is 9.04. The van der Waals surface area contributed by atoms with E-state index in [0.717, 1.165) is 31.1 Å². The number of hydrogen-bond acceptors (Lipinski definition) is 3. The van der Waals surface area contributed by atoms with E-state index >= 15 is 0 Å². The van der Waals surface area contributed by atoms with Crippen LogP contribution in [-0.4, -0.2) is 28.0 Å². The van der Waals surface area contributed by atoms with Crippen molar-refractivity contribution in [1.82, 2.24) is 14.9 Å². The molecule has 3 rings (SSSR count). The van der Waals surface area contributed by atoms with Crippen LogP contribution in [0, 0.1) is 19.8 Å². The van der Waals surface area contributed by atoms with Gasteiger partial charge in [-0.15, -0.1) is 0 Å². The van der Waals surface area contributed by atoms with Gasteiger partial charge in [-0.1, -0.05) is 38.1 Å². The lowest BCUT2D eigenvalue weighted by atomic mass is 9.98. The van der Waals surface area contributed by atoms with Gasteiger partial charge in [-0.25, -0.2) is 9.97 Å². The number of hydrogen-bond donors (Lipinski definition) is 0. The van der Waals surface area contributed by atoms with Gasteiger partial charge in [-0.2, -0.15) is 0 Å². The lowest BCUT2D eigenvalue weighted by Crippen LogP contribution is -2.32. The summed E-state index contributed by atoms with van der Waals surface area (Å²) in [6.07, 6.45) is 4.53. The molecule has 25 heavy (non-hydrogen) atoms.